The van der Waals surface area contributed by atoms with Gasteiger partial charge in [0.2, 0.25) is 0 Å². The summed E-state index contributed by atoms with van der Waals surface area (Å²) in [5.74, 6) is 0. The molecule has 84 valence electrons. The molecule has 0 saturated heterocycles. The Labute approximate surface area is 92.5 Å². The van der Waals surface area contributed by atoms with E-state index in [0.717, 1.165) is 48.5 Å². The van der Waals surface area contributed by atoms with Crippen LogP contribution in [-0.4, -0.2) is 27.7 Å². The molecule has 0 spiro atoms. The summed E-state index contributed by atoms with van der Waals surface area (Å²) in [6.07, 6.45) is 1.60. The van der Waals surface area contributed by atoms with Crippen molar-refractivity contribution < 1.29 is 0 Å². The van der Waals surface area contributed by atoms with Crippen molar-refractivity contribution in [1.82, 2.24) is 19.9 Å². The standard InChI is InChI=1S/C11H14N4O/c1-7-6-10-13-9-3-5-12-4-2-8(9)11(16)15(10)14-7/h6,12,14H,2-5H2,1H3. The zero-order chi connectivity index (χ0) is 11.1. The van der Waals surface area contributed by atoms with Crippen molar-refractivity contribution in [3.8, 4) is 0 Å². The van der Waals surface area contributed by atoms with Gasteiger partial charge in [0.05, 0.1) is 5.69 Å². The van der Waals surface area contributed by atoms with Gasteiger partial charge in [-0.1, -0.05) is 0 Å². The quantitative estimate of drug-likeness (QED) is 0.655. The molecule has 3 rings (SSSR count). The molecule has 2 N–H and O–H groups in total. The highest BCUT2D eigenvalue weighted by Crippen LogP contribution is 2.09. The van der Waals surface area contributed by atoms with Gasteiger partial charge in [-0.05, 0) is 19.9 Å². The lowest BCUT2D eigenvalue weighted by Gasteiger charge is -2.03. The maximum Gasteiger partial charge on any atom is 0.276 e. The van der Waals surface area contributed by atoms with E-state index in [0.29, 0.717) is 0 Å². The number of nitrogens with zero attached hydrogens (tertiary/aromatic N) is 2. The molecule has 0 aliphatic carbocycles. The zero-order valence-electron chi connectivity index (χ0n) is 9.21. The normalized spacial score (nSPS) is 16.1. The minimum Gasteiger partial charge on any atom is -0.316 e. The third kappa shape index (κ3) is 1.36. The Morgan fingerprint density at radius 1 is 1.38 bits per heavy atom. The molecule has 5 nitrogen and oxygen atoms in total. The highest BCUT2D eigenvalue weighted by Gasteiger charge is 2.15. The topological polar surface area (TPSA) is 62.2 Å². The molecule has 0 radical (unpaired) electrons. The molecular formula is C11H14N4O. The highest BCUT2D eigenvalue weighted by atomic mass is 16.1. The Balaban J connectivity index is 2.33. The number of aromatic nitrogens is 3. The molecule has 16 heavy (non-hydrogen) atoms. The van der Waals surface area contributed by atoms with Crippen molar-refractivity contribution in [3.05, 3.63) is 33.4 Å². The van der Waals surface area contributed by atoms with E-state index in [1.54, 1.807) is 4.52 Å². The van der Waals surface area contributed by atoms with Gasteiger partial charge in [0.1, 0.15) is 0 Å². The van der Waals surface area contributed by atoms with Crippen LogP contribution in [0.4, 0.5) is 0 Å². The van der Waals surface area contributed by atoms with Gasteiger partial charge in [-0.2, -0.15) is 0 Å². The van der Waals surface area contributed by atoms with Crippen molar-refractivity contribution >= 4 is 5.65 Å². The van der Waals surface area contributed by atoms with E-state index in [1.165, 1.54) is 0 Å². The maximum atomic E-state index is 12.2. The van der Waals surface area contributed by atoms with Gasteiger partial charge in [-0.3, -0.25) is 9.89 Å². The van der Waals surface area contributed by atoms with Gasteiger partial charge in [0, 0.05) is 30.3 Å². The Morgan fingerprint density at radius 2 is 2.19 bits per heavy atom. The second-order valence-electron chi connectivity index (χ2n) is 4.22. The van der Waals surface area contributed by atoms with E-state index in [9.17, 15) is 4.79 Å². The number of aromatic amines is 1. The lowest BCUT2D eigenvalue weighted by Crippen LogP contribution is -2.23. The van der Waals surface area contributed by atoms with Crippen molar-refractivity contribution in [3.63, 3.8) is 0 Å². The van der Waals surface area contributed by atoms with Crippen molar-refractivity contribution in [2.75, 3.05) is 13.1 Å². The van der Waals surface area contributed by atoms with Crippen LogP contribution in [-0.2, 0) is 12.8 Å². The van der Waals surface area contributed by atoms with Gasteiger partial charge in [0.25, 0.3) is 5.56 Å². The largest absolute Gasteiger partial charge is 0.316 e. The third-order valence-electron chi connectivity index (χ3n) is 3.01. The average Bonchev–Trinajstić information content (AvgIpc) is 2.48. The molecule has 0 unspecified atom stereocenters. The predicted octanol–water partition coefficient (Wildman–Crippen LogP) is 0.0192. The summed E-state index contributed by atoms with van der Waals surface area (Å²) in [7, 11) is 0. The molecule has 0 saturated carbocycles. The van der Waals surface area contributed by atoms with E-state index in [2.05, 4.69) is 15.4 Å². The number of H-pyrrole nitrogens is 1. The number of nitrogens with one attached hydrogen (secondary N) is 2. The van der Waals surface area contributed by atoms with Crippen molar-refractivity contribution in [2.45, 2.75) is 19.8 Å². The maximum absolute atomic E-state index is 12.2. The Bertz CT molecular complexity index is 596. The molecular weight excluding hydrogens is 204 g/mol. The monoisotopic (exact) mass is 218 g/mol. The third-order valence-corrected chi connectivity index (χ3v) is 3.01. The highest BCUT2D eigenvalue weighted by molar-refractivity contribution is 5.41. The van der Waals surface area contributed by atoms with Gasteiger partial charge < -0.3 is 5.32 Å². The number of fused-ring (bicyclic) bond motifs is 2. The first kappa shape index (κ1) is 9.59. The lowest BCUT2D eigenvalue weighted by atomic mass is 10.1. The number of rotatable bonds is 0. The van der Waals surface area contributed by atoms with E-state index in [-0.39, 0.29) is 5.56 Å². The second kappa shape index (κ2) is 3.45. The predicted molar refractivity (Wildman–Crippen MR) is 60.8 cm³/mol. The summed E-state index contributed by atoms with van der Waals surface area (Å²) in [5, 5.41) is 6.30. The minimum atomic E-state index is 0.0526. The summed E-state index contributed by atoms with van der Waals surface area (Å²) in [6, 6.07) is 1.90. The summed E-state index contributed by atoms with van der Waals surface area (Å²) in [6.45, 7) is 3.69. The van der Waals surface area contributed by atoms with Gasteiger partial charge in [-0.15, -0.1) is 0 Å². The van der Waals surface area contributed by atoms with Gasteiger partial charge in [0.15, 0.2) is 5.65 Å². The van der Waals surface area contributed by atoms with Crippen molar-refractivity contribution in [1.29, 1.82) is 0 Å². The number of hydrogen-bond donors (Lipinski definition) is 2. The van der Waals surface area contributed by atoms with Crippen LogP contribution >= 0.6 is 0 Å². The van der Waals surface area contributed by atoms with Gasteiger partial charge >= 0.3 is 0 Å². The first-order valence-corrected chi connectivity index (χ1v) is 5.56. The van der Waals surface area contributed by atoms with E-state index in [4.69, 9.17) is 0 Å². The molecule has 1 aliphatic rings. The molecule has 5 heteroatoms. The summed E-state index contributed by atoms with van der Waals surface area (Å²) < 4.78 is 1.54. The molecule has 0 fully saturated rings. The Kier molecular flexibility index (Phi) is 2.07. The molecule has 2 aromatic heterocycles. The molecule has 0 aromatic carbocycles. The van der Waals surface area contributed by atoms with Crippen LogP contribution in [0.25, 0.3) is 5.65 Å². The first-order valence-electron chi connectivity index (χ1n) is 5.56. The van der Waals surface area contributed by atoms with Crippen LogP contribution in [0.2, 0.25) is 0 Å². The molecule has 0 amide bonds. The first-order chi connectivity index (χ1) is 7.75. The average molecular weight is 218 g/mol. The van der Waals surface area contributed by atoms with E-state index < -0.39 is 0 Å². The smallest absolute Gasteiger partial charge is 0.276 e. The number of aryl methyl sites for hydroxylation is 1. The molecule has 0 atom stereocenters. The lowest BCUT2D eigenvalue weighted by molar-refractivity contribution is 0.708. The van der Waals surface area contributed by atoms with E-state index in [1.807, 2.05) is 13.0 Å². The van der Waals surface area contributed by atoms with Crippen LogP contribution in [0, 0.1) is 6.92 Å². The van der Waals surface area contributed by atoms with Crippen LogP contribution in [0.15, 0.2) is 10.9 Å². The van der Waals surface area contributed by atoms with Crippen LogP contribution in [0.5, 0.6) is 0 Å². The Morgan fingerprint density at radius 3 is 3.06 bits per heavy atom. The fraction of sp³-hybridized carbons (Fsp3) is 0.455. The van der Waals surface area contributed by atoms with Gasteiger partial charge in [-0.25, -0.2) is 9.50 Å². The molecule has 1 aliphatic heterocycles. The fourth-order valence-electron chi connectivity index (χ4n) is 2.23. The molecule has 3 heterocycles. The summed E-state index contributed by atoms with van der Waals surface area (Å²) >= 11 is 0. The summed E-state index contributed by atoms with van der Waals surface area (Å²) in [5.41, 5.74) is 3.54. The molecule has 0 bridgehead atoms. The number of hydrogen-bond acceptors (Lipinski definition) is 3. The van der Waals surface area contributed by atoms with Crippen molar-refractivity contribution in [2.24, 2.45) is 0 Å². The van der Waals surface area contributed by atoms with Crippen LogP contribution in [0.1, 0.15) is 17.0 Å². The van der Waals surface area contributed by atoms with E-state index >= 15 is 0 Å². The van der Waals surface area contributed by atoms with Crippen LogP contribution < -0.4 is 10.9 Å². The second-order valence-corrected chi connectivity index (χ2v) is 4.22. The molecule has 2 aromatic rings. The van der Waals surface area contributed by atoms with Crippen LogP contribution in [0.3, 0.4) is 0 Å². The SMILES string of the molecule is Cc1cc2nc3c(c(=O)n2[nH]1)CCNCC3. The zero-order valence-corrected chi connectivity index (χ0v) is 9.21. The Hall–Kier alpha value is -1.62. The fourth-order valence-corrected chi connectivity index (χ4v) is 2.23. The minimum absolute atomic E-state index is 0.0526. The summed E-state index contributed by atoms with van der Waals surface area (Å²) in [4.78, 5) is 16.8.